The molecule has 0 fully saturated rings. The lowest BCUT2D eigenvalue weighted by atomic mass is 10.0. The van der Waals surface area contributed by atoms with E-state index in [1.165, 1.54) is 18.9 Å². The second-order valence-electron chi connectivity index (χ2n) is 7.61. The molecule has 0 N–H and O–H groups in total. The van der Waals surface area contributed by atoms with Gasteiger partial charge >= 0.3 is 11.9 Å². The maximum absolute atomic E-state index is 12.8. The van der Waals surface area contributed by atoms with Crippen LogP contribution in [0.15, 0.2) is 78.9 Å². The summed E-state index contributed by atoms with van der Waals surface area (Å²) < 4.78 is 16.6. The third-order valence-corrected chi connectivity index (χ3v) is 5.64. The topological polar surface area (TPSA) is 82.9 Å². The number of carbonyl (C=O) groups excluding carboxylic acids is 2. The predicted octanol–water partition coefficient (Wildman–Crippen LogP) is 4.89. The van der Waals surface area contributed by atoms with Crippen molar-refractivity contribution in [3.05, 3.63) is 90.1 Å². The van der Waals surface area contributed by atoms with Crippen molar-refractivity contribution in [2.24, 2.45) is 0 Å². The highest BCUT2D eigenvalue weighted by Gasteiger charge is 2.31. The van der Waals surface area contributed by atoms with E-state index in [0.29, 0.717) is 16.9 Å². The van der Waals surface area contributed by atoms with Crippen LogP contribution < -0.4 is 9.64 Å². The molecule has 4 aromatic rings. The zero-order valence-electron chi connectivity index (χ0n) is 19.9. The Bertz CT molecular complexity index is 1330. The number of rotatable bonds is 7. The summed E-state index contributed by atoms with van der Waals surface area (Å²) in [5.41, 5.74) is 3.53. The number of hydrogen-bond acceptors (Lipinski definition) is 7. The lowest BCUT2D eigenvalue weighted by Crippen LogP contribution is -2.15. The smallest absolute Gasteiger partial charge is 0.357 e. The van der Waals surface area contributed by atoms with Crippen LogP contribution in [0.2, 0.25) is 0 Å². The highest BCUT2D eigenvalue weighted by atomic mass is 16.5. The van der Waals surface area contributed by atoms with Gasteiger partial charge in [0.2, 0.25) is 0 Å². The normalized spacial score (nSPS) is 10.5. The van der Waals surface area contributed by atoms with Crippen LogP contribution >= 0.6 is 0 Å². The van der Waals surface area contributed by atoms with E-state index in [0.717, 1.165) is 17.1 Å². The fraction of sp³-hybridized carbons (Fsp3) is 0.148. The largest absolute Gasteiger partial charge is 0.497 e. The Labute approximate surface area is 203 Å². The van der Waals surface area contributed by atoms with Crippen molar-refractivity contribution in [2.45, 2.75) is 0 Å². The van der Waals surface area contributed by atoms with Gasteiger partial charge in [-0.1, -0.05) is 30.3 Å². The fourth-order valence-electron chi connectivity index (χ4n) is 3.75. The average Bonchev–Trinajstić information content (AvgIpc) is 3.33. The third-order valence-electron chi connectivity index (χ3n) is 5.64. The summed E-state index contributed by atoms with van der Waals surface area (Å²) in [4.78, 5) is 27.6. The molecule has 0 aliphatic rings. The van der Waals surface area contributed by atoms with Gasteiger partial charge in [-0.2, -0.15) is 5.10 Å². The number of hydrogen-bond donors (Lipinski definition) is 0. The van der Waals surface area contributed by atoms with Gasteiger partial charge in [0.15, 0.2) is 5.69 Å². The summed E-state index contributed by atoms with van der Waals surface area (Å²) in [5, 5.41) is 4.63. The lowest BCUT2D eigenvalue weighted by Gasteiger charge is -2.20. The molecule has 0 radical (unpaired) electrons. The molecule has 8 nitrogen and oxygen atoms in total. The Morgan fingerprint density at radius 1 is 0.771 bits per heavy atom. The first kappa shape index (κ1) is 23.6. The summed E-state index contributed by atoms with van der Waals surface area (Å²) in [6.07, 6.45) is 0. The van der Waals surface area contributed by atoms with Gasteiger partial charge in [0, 0.05) is 24.0 Å². The highest BCUT2D eigenvalue weighted by molar-refractivity contribution is 6.06. The molecule has 8 heteroatoms. The molecule has 178 valence electrons. The Morgan fingerprint density at radius 2 is 1.34 bits per heavy atom. The van der Waals surface area contributed by atoms with Crippen molar-refractivity contribution in [3.63, 3.8) is 0 Å². The number of methoxy groups -OCH3 is 3. The van der Waals surface area contributed by atoms with E-state index in [-0.39, 0.29) is 11.3 Å². The van der Waals surface area contributed by atoms with Crippen LogP contribution in [0.3, 0.4) is 0 Å². The second kappa shape index (κ2) is 10.1. The highest BCUT2D eigenvalue weighted by Crippen LogP contribution is 2.32. The third kappa shape index (κ3) is 4.59. The van der Waals surface area contributed by atoms with Gasteiger partial charge < -0.3 is 19.1 Å². The fourth-order valence-corrected chi connectivity index (χ4v) is 3.75. The molecule has 0 saturated heterocycles. The minimum Gasteiger partial charge on any atom is -0.497 e. The number of aromatic nitrogens is 2. The Kier molecular flexibility index (Phi) is 6.82. The molecule has 1 aromatic heterocycles. The van der Waals surface area contributed by atoms with Gasteiger partial charge in [-0.3, -0.25) is 0 Å². The van der Waals surface area contributed by atoms with E-state index >= 15 is 0 Å². The van der Waals surface area contributed by atoms with Gasteiger partial charge in [-0.25, -0.2) is 14.3 Å². The first-order valence-corrected chi connectivity index (χ1v) is 10.8. The van der Waals surface area contributed by atoms with E-state index in [9.17, 15) is 9.59 Å². The summed E-state index contributed by atoms with van der Waals surface area (Å²) in [7, 11) is 6.11. The maximum atomic E-state index is 12.8. The van der Waals surface area contributed by atoms with Crippen LogP contribution in [0, 0.1) is 0 Å². The molecule has 35 heavy (non-hydrogen) atoms. The van der Waals surface area contributed by atoms with E-state index in [1.807, 2.05) is 78.7 Å². The van der Waals surface area contributed by atoms with Gasteiger partial charge in [0.25, 0.3) is 0 Å². The molecule has 0 unspecified atom stereocenters. The van der Waals surface area contributed by atoms with Crippen molar-refractivity contribution in [3.8, 4) is 22.7 Å². The van der Waals surface area contributed by atoms with Gasteiger partial charge in [-0.15, -0.1) is 0 Å². The van der Waals surface area contributed by atoms with Crippen LogP contribution in [0.4, 0.5) is 11.4 Å². The first-order valence-electron chi connectivity index (χ1n) is 10.8. The standard InChI is InChI=1S/C27H25N3O5/c1-29(20-14-16-22(33-2)17-15-20)19-12-10-18(11-13-19)24-23(26(31)34-3)25(27(32)35-4)30(28-24)21-8-6-5-7-9-21/h5-17H,1-4H3. The van der Waals surface area contributed by atoms with Crippen LogP contribution in [-0.4, -0.2) is 50.1 Å². The zero-order chi connectivity index (χ0) is 24.9. The number of anilines is 2. The lowest BCUT2D eigenvalue weighted by molar-refractivity contribution is 0.0549. The van der Waals surface area contributed by atoms with E-state index < -0.39 is 11.9 Å². The predicted molar refractivity (Wildman–Crippen MR) is 133 cm³/mol. The molecule has 1 heterocycles. The molecule has 0 amide bonds. The monoisotopic (exact) mass is 471 g/mol. The van der Waals surface area contributed by atoms with Crippen molar-refractivity contribution >= 4 is 23.3 Å². The summed E-state index contributed by atoms with van der Waals surface area (Å²) >= 11 is 0. The minimum atomic E-state index is -0.691. The molecular weight excluding hydrogens is 446 g/mol. The number of ether oxygens (including phenoxy) is 3. The number of nitrogens with zero attached hydrogens (tertiary/aromatic N) is 3. The first-order chi connectivity index (χ1) is 17.0. The average molecular weight is 472 g/mol. The Balaban J connectivity index is 1.79. The number of para-hydroxylation sites is 1. The molecule has 0 spiro atoms. The van der Waals surface area contributed by atoms with Crippen LogP contribution in [0.1, 0.15) is 20.8 Å². The number of carbonyl (C=O) groups is 2. The van der Waals surface area contributed by atoms with Crippen LogP contribution in [0.5, 0.6) is 5.75 Å². The van der Waals surface area contributed by atoms with Gasteiger partial charge in [0.05, 0.1) is 27.0 Å². The van der Waals surface area contributed by atoms with Crippen LogP contribution in [-0.2, 0) is 9.47 Å². The molecule has 0 aliphatic heterocycles. The summed E-state index contributed by atoms with van der Waals surface area (Å²) in [6, 6.07) is 24.3. The maximum Gasteiger partial charge on any atom is 0.357 e. The quantitative estimate of drug-likeness (QED) is 0.355. The molecule has 0 aliphatic carbocycles. The van der Waals surface area contributed by atoms with Gasteiger partial charge in [0.1, 0.15) is 17.0 Å². The second-order valence-corrected chi connectivity index (χ2v) is 7.61. The SMILES string of the molecule is COC(=O)c1c(-c2ccc(N(C)c3ccc(OC)cc3)cc2)nn(-c2ccccc2)c1C(=O)OC. The Morgan fingerprint density at radius 3 is 1.89 bits per heavy atom. The van der Waals surface area contributed by atoms with E-state index in [4.69, 9.17) is 14.2 Å². The number of benzene rings is 3. The van der Waals surface area contributed by atoms with E-state index in [1.54, 1.807) is 19.2 Å². The minimum absolute atomic E-state index is 0.0000209. The summed E-state index contributed by atoms with van der Waals surface area (Å²) in [5.74, 6) is -0.589. The van der Waals surface area contributed by atoms with Crippen molar-refractivity contribution in [1.82, 2.24) is 9.78 Å². The molecular formula is C27H25N3O5. The van der Waals surface area contributed by atoms with E-state index in [2.05, 4.69) is 5.10 Å². The van der Waals surface area contributed by atoms with Crippen molar-refractivity contribution in [2.75, 3.05) is 33.3 Å². The zero-order valence-corrected chi connectivity index (χ0v) is 19.9. The number of esters is 2. The molecule has 4 rings (SSSR count). The molecule has 0 saturated carbocycles. The molecule has 0 bridgehead atoms. The van der Waals surface area contributed by atoms with Crippen LogP contribution in [0.25, 0.3) is 16.9 Å². The molecule has 0 atom stereocenters. The van der Waals surface area contributed by atoms with Gasteiger partial charge in [-0.05, 0) is 48.5 Å². The molecule has 3 aromatic carbocycles. The Hall–Kier alpha value is -4.59. The van der Waals surface area contributed by atoms with Crippen molar-refractivity contribution < 1.29 is 23.8 Å². The summed E-state index contributed by atoms with van der Waals surface area (Å²) in [6.45, 7) is 0. The van der Waals surface area contributed by atoms with Crippen molar-refractivity contribution in [1.29, 1.82) is 0 Å².